The first-order chi connectivity index (χ1) is 12.0. The van der Waals surface area contributed by atoms with E-state index in [1.165, 1.54) is 23.0 Å². The zero-order valence-electron chi connectivity index (χ0n) is 14.0. The summed E-state index contributed by atoms with van der Waals surface area (Å²) >= 11 is 0. The molecule has 0 aliphatic carbocycles. The Labute approximate surface area is 144 Å². The van der Waals surface area contributed by atoms with Gasteiger partial charge in [0.1, 0.15) is 0 Å². The number of aromatic nitrogens is 4. The second kappa shape index (κ2) is 8.76. The number of H-pyrrole nitrogens is 1. The zero-order chi connectivity index (χ0) is 18.2. The number of amides is 1. The molecule has 0 saturated carbocycles. The molecule has 0 radical (unpaired) electrons. The summed E-state index contributed by atoms with van der Waals surface area (Å²) in [6.07, 6.45) is 4.79. The molecule has 0 aliphatic heterocycles. The Bertz CT molecular complexity index is 776. The number of carboxylic acids is 1. The molecule has 2 heterocycles. The first kappa shape index (κ1) is 18.4. The van der Waals surface area contributed by atoms with Crippen molar-refractivity contribution in [3.8, 4) is 5.82 Å². The molecule has 9 nitrogen and oxygen atoms in total. The van der Waals surface area contributed by atoms with Crippen molar-refractivity contribution in [2.45, 2.75) is 39.0 Å². The van der Waals surface area contributed by atoms with Crippen LogP contribution in [0.2, 0.25) is 0 Å². The topological polar surface area (TPSA) is 130 Å². The molecule has 3 N–H and O–H groups in total. The van der Waals surface area contributed by atoms with Crippen LogP contribution >= 0.6 is 0 Å². The third kappa shape index (κ3) is 5.27. The number of carboxylic acid groups (broad SMARTS) is 1. The van der Waals surface area contributed by atoms with E-state index in [0.717, 1.165) is 19.3 Å². The summed E-state index contributed by atoms with van der Waals surface area (Å²) in [5.41, 5.74) is 0.757. The molecule has 0 fully saturated rings. The Balaban J connectivity index is 1.83. The smallest absolute Gasteiger partial charge is 0.303 e. The van der Waals surface area contributed by atoms with Gasteiger partial charge in [0.05, 0.1) is 17.5 Å². The van der Waals surface area contributed by atoms with Crippen LogP contribution in [0.1, 0.15) is 48.2 Å². The van der Waals surface area contributed by atoms with Gasteiger partial charge in [0.25, 0.3) is 11.5 Å². The Kier molecular flexibility index (Phi) is 6.44. The number of nitrogens with zero attached hydrogens (tertiary/aromatic N) is 3. The lowest BCUT2D eigenvalue weighted by atomic mass is 10.1. The Hall–Kier alpha value is -2.97. The van der Waals surface area contributed by atoms with Crippen LogP contribution in [0.5, 0.6) is 0 Å². The summed E-state index contributed by atoms with van der Waals surface area (Å²) in [6, 6.07) is 2.87. The van der Waals surface area contributed by atoms with E-state index >= 15 is 0 Å². The van der Waals surface area contributed by atoms with Crippen LogP contribution in [-0.2, 0) is 4.79 Å². The van der Waals surface area contributed by atoms with E-state index in [-0.39, 0.29) is 17.9 Å². The van der Waals surface area contributed by atoms with Gasteiger partial charge in [0.2, 0.25) is 0 Å². The Morgan fingerprint density at radius 1 is 1.24 bits per heavy atom. The molecule has 0 aromatic carbocycles. The predicted octanol–water partition coefficient (Wildman–Crippen LogP) is 1.03. The maximum absolute atomic E-state index is 12.2. The number of rotatable bonds is 9. The van der Waals surface area contributed by atoms with Crippen LogP contribution in [0.25, 0.3) is 5.82 Å². The lowest BCUT2D eigenvalue weighted by molar-refractivity contribution is -0.137. The van der Waals surface area contributed by atoms with Gasteiger partial charge < -0.3 is 10.4 Å². The second-order valence-corrected chi connectivity index (χ2v) is 5.65. The molecule has 1 amide bonds. The van der Waals surface area contributed by atoms with E-state index in [1.54, 1.807) is 6.92 Å². The summed E-state index contributed by atoms with van der Waals surface area (Å²) in [7, 11) is 0. The highest BCUT2D eigenvalue weighted by Crippen LogP contribution is 2.11. The van der Waals surface area contributed by atoms with E-state index in [0.29, 0.717) is 30.0 Å². The maximum atomic E-state index is 12.2. The molecule has 2 rings (SSSR count). The second-order valence-electron chi connectivity index (χ2n) is 5.65. The third-order valence-corrected chi connectivity index (χ3v) is 3.74. The highest BCUT2D eigenvalue weighted by Gasteiger charge is 2.15. The molecule has 0 saturated heterocycles. The molecular weight excluding hydrogens is 326 g/mol. The van der Waals surface area contributed by atoms with Crippen molar-refractivity contribution in [3.63, 3.8) is 0 Å². The van der Waals surface area contributed by atoms with Gasteiger partial charge >= 0.3 is 5.97 Å². The first-order valence-corrected chi connectivity index (χ1v) is 8.10. The van der Waals surface area contributed by atoms with Crippen molar-refractivity contribution in [1.29, 1.82) is 0 Å². The molecule has 2 aromatic rings. The average Bonchev–Trinajstić information content (AvgIpc) is 2.96. The third-order valence-electron chi connectivity index (χ3n) is 3.74. The largest absolute Gasteiger partial charge is 0.481 e. The molecule has 0 unspecified atom stereocenters. The number of carbonyl (C=O) groups excluding carboxylic acids is 1. The summed E-state index contributed by atoms with van der Waals surface area (Å²) < 4.78 is 1.48. The average molecular weight is 347 g/mol. The Morgan fingerprint density at radius 3 is 2.68 bits per heavy atom. The highest BCUT2D eigenvalue weighted by molar-refractivity contribution is 5.95. The van der Waals surface area contributed by atoms with E-state index < -0.39 is 5.97 Å². The van der Waals surface area contributed by atoms with E-state index in [4.69, 9.17) is 5.11 Å². The first-order valence-electron chi connectivity index (χ1n) is 8.10. The summed E-state index contributed by atoms with van der Waals surface area (Å²) in [5.74, 6) is -0.578. The number of aromatic amines is 1. The molecule has 2 aromatic heterocycles. The number of nitrogens with one attached hydrogen (secondary N) is 2. The minimum absolute atomic E-state index is 0.184. The summed E-state index contributed by atoms with van der Waals surface area (Å²) in [6.45, 7) is 2.27. The quantitative estimate of drug-likeness (QED) is 0.581. The van der Waals surface area contributed by atoms with Crippen molar-refractivity contribution in [2.24, 2.45) is 0 Å². The number of unbranched alkanes of at least 4 members (excludes halogenated alkanes) is 3. The number of carbonyl (C=O) groups is 2. The number of aliphatic carboxylic acids is 1. The number of hydrogen-bond donors (Lipinski definition) is 3. The van der Waals surface area contributed by atoms with Crippen molar-refractivity contribution >= 4 is 11.9 Å². The van der Waals surface area contributed by atoms with Crippen molar-refractivity contribution in [1.82, 2.24) is 25.3 Å². The van der Waals surface area contributed by atoms with Gasteiger partial charge in [-0.25, -0.2) is 9.78 Å². The van der Waals surface area contributed by atoms with Crippen LogP contribution in [0, 0.1) is 6.92 Å². The van der Waals surface area contributed by atoms with E-state index in [9.17, 15) is 14.4 Å². The minimum atomic E-state index is -0.780. The molecule has 134 valence electrons. The van der Waals surface area contributed by atoms with Crippen LogP contribution in [-0.4, -0.2) is 43.5 Å². The van der Waals surface area contributed by atoms with Gasteiger partial charge in [-0.15, -0.1) is 0 Å². The van der Waals surface area contributed by atoms with Crippen molar-refractivity contribution in [2.75, 3.05) is 6.54 Å². The molecule has 9 heteroatoms. The van der Waals surface area contributed by atoms with Crippen molar-refractivity contribution < 1.29 is 14.7 Å². The fourth-order valence-electron chi connectivity index (χ4n) is 2.37. The van der Waals surface area contributed by atoms with Crippen molar-refractivity contribution in [3.05, 3.63) is 39.9 Å². The summed E-state index contributed by atoms with van der Waals surface area (Å²) in [5, 5.41) is 21.7. The zero-order valence-corrected chi connectivity index (χ0v) is 14.0. The van der Waals surface area contributed by atoms with Crippen LogP contribution in [0.4, 0.5) is 0 Å². The van der Waals surface area contributed by atoms with Crippen LogP contribution in [0.15, 0.2) is 23.1 Å². The van der Waals surface area contributed by atoms with Gasteiger partial charge in [0.15, 0.2) is 5.82 Å². The van der Waals surface area contributed by atoms with Gasteiger partial charge in [0, 0.05) is 19.0 Å². The molecule has 0 aliphatic rings. The van der Waals surface area contributed by atoms with Gasteiger partial charge in [-0.3, -0.25) is 14.4 Å². The van der Waals surface area contributed by atoms with E-state index in [2.05, 4.69) is 20.6 Å². The van der Waals surface area contributed by atoms with Crippen LogP contribution in [0.3, 0.4) is 0 Å². The predicted molar refractivity (Wildman–Crippen MR) is 89.8 cm³/mol. The Morgan fingerprint density at radius 2 is 2.00 bits per heavy atom. The standard InChI is InChI=1S/C16H21N5O4/c1-11-12(10-18-21(11)13-7-8-14(22)20-19-13)16(25)17-9-5-3-2-4-6-15(23)24/h7-8,10H,2-6,9H2,1H3,(H,17,25)(H,20,22)(H,23,24). The fourth-order valence-corrected chi connectivity index (χ4v) is 2.37. The normalized spacial score (nSPS) is 10.6. The highest BCUT2D eigenvalue weighted by atomic mass is 16.4. The SMILES string of the molecule is Cc1c(C(=O)NCCCCCCC(=O)O)cnn1-c1ccc(=O)[nH]n1. The maximum Gasteiger partial charge on any atom is 0.303 e. The lowest BCUT2D eigenvalue weighted by Gasteiger charge is -2.06. The number of hydrogen-bond acceptors (Lipinski definition) is 5. The fraction of sp³-hybridized carbons (Fsp3) is 0.438. The summed E-state index contributed by atoms with van der Waals surface area (Å²) in [4.78, 5) is 33.7. The molecule has 25 heavy (non-hydrogen) atoms. The molecular formula is C16H21N5O4. The van der Waals surface area contributed by atoms with Gasteiger partial charge in [-0.1, -0.05) is 12.8 Å². The van der Waals surface area contributed by atoms with Gasteiger partial charge in [-0.05, 0) is 25.8 Å². The minimum Gasteiger partial charge on any atom is -0.481 e. The lowest BCUT2D eigenvalue weighted by Crippen LogP contribution is -2.25. The van der Waals surface area contributed by atoms with Crippen LogP contribution < -0.4 is 10.9 Å². The molecule has 0 atom stereocenters. The van der Waals surface area contributed by atoms with E-state index in [1.807, 2.05) is 0 Å². The molecule has 0 bridgehead atoms. The monoisotopic (exact) mass is 347 g/mol. The van der Waals surface area contributed by atoms with Gasteiger partial charge in [-0.2, -0.15) is 10.2 Å². The molecule has 0 spiro atoms.